The third kappa shape index (κ3) is 7.06. The minimum atomic E-state index is -0.00463. The molecule has 1 heterocycles. The van der Waals surface area contributed by atoms with Gasteiger partial charge in [-0.25, -0.2) is 4.98 Å². The molecule has 0 spiro atoms. The van der Waals surface area contributed by atoms with Crippen LogP contribution in [0.3, 0.4) is 0 Å². The zero-order valence-electron chi connectivity index (χ0n) is 12.2. The third-order valence-electron chi connectivity index (χ3n) is 2.30. The largest absolute Gasteiger partial charge is 0.369 e. The van der Waals surface area contributed by atoms with Crippen LogP contribution < -0.4 is 11.1 Å². The van der Waals surface area contributed by atoms with Crippen LogP contribution in [0.2, 0.25) is 0 Å². The molecule has 104 valence electrons. The van der Waals surface area contributed by atoms with E-state index in [1.54, 1.807) is 6.20 Å². The van der Waals surface area contributed by atoms with Crippen LogP contribution in [0.4, 0.5) is 5.95 Å². The monoisotopic (exact) mass is 254 g/mol. The minimum Gasteiger partial charge on any atom is -0.369 e. The molecule has 0 aromatic carbocycles. The third-order valence-corrected chi connectivity index (χ3v) is 2.30. The summed E-state index contributed by atoms with van der Waals surface area (Å²) in [5.41, 5.74) is 6.21. The number of Topliss-reactive ketones (excluding diaryl/α,β-unsaturated/α-hetero) is 1. The van der Waals surface area contributed by atoms with Crippen LogP contribution >= 0.6 is 0 Å². The van der Waals surface area contributed by atoms with E-state index < -0.39 is 0 Å². The van der Waals surface area contributed by atoms with Gasteiger partial charge in [0.1, 0.15) is 0 Å². The second-order valence-corrected chi connectivity index (χ2v) is 5.05. The van der Waals surface area contributed by atoms with Gasteiger partial charge in [-0.05, 0) is 13.8 Å². The molecular weight excluding hydrogens is 228 g/mol. The molecule has 0 aliphatic heterocycles. The first-order valence-corrected chi connectivity index (χ1v) is 6.30. The lowest BCUT2D eigenvalue weighted by Crippen LogP contribution is -2.40. The molecule has 1 unspecified atom stereocenters. The van der Waals surface area contributed by atoms with Crippen molar-refractivity contribution in [2.75, 3.05) is 5.73 Å². The summed E-state index contributed by atoms with van der Waals surface area (Å²) in [7, 11) is 0. The summed E-state index contributed by atoms with van der Waals surface area (Å²) in [5.74, 6) is 0.910. The smallest absolute Gasteiger partial charge is 0.197 e. The average molecular weight is 254 g/mol. The van der Waals surface area contributed by atoms with Crippen molar-refractivity contribution in [1.82, 2.24) is 15.3 Å². The molecule has 18 heavy (non-hydrogen) atoms. The molecule has 1 aromatic rings. The first-order valence-electron chi connectivity index (χ1n) is 6.30. The van der Waals surface area contributed by atoms with Crippen LogP contribution in [-0.2, 0) is 4.79 Å². The molecule has 0 saturated carbocycles. The van der Waals surface area contributed by atoms with E-state index in [4.69, 9.17) is 5.73 Å². The van der Waals surface area contributed by atoms with Crippen LogP contribution in [0.5, 0.6) is 0 Å². The van der Waals surface area contributed by atoms with Gasteiger partial charge in [0, 0.05) is 23.9 Å². The maximum atomic E-state index is 11.3. The quantitative estimate of drug-likeness (QED) is 0.766. The number of ketones is 1. The maximum absolute atomic E-state index is 11.3. The molecule has 0 fully saturated rings. The van der Waals surface area contributed by atoms with Gasteiger partial charge in [-0.2, -0.15) is 0 Å². The number of nitrogen functional groups attached to an aromatic ring is 1. The zero-order valence-corrected chi connectivity index (χ0v) is 12.2. The van der Waals surface area contributed by atoms with E-state index in [9.17, 15) is 4.79 Å². The molecule has 0 bridgehead atoms. The Bertz CT molecular complexity index is 341. The lowest BCUT2D eigenvalue weighted by molar-refractivity contribution is -0.123. The Morgan fingerprint density at radius 1 is 1.33 bits per heavy atom. The van der Waals surface area contributed by atoms with E-state index in [-0.39, 0.29) is 12.0 Å². The molecule has 1 atom stereocenters. The highest BCUT2D eigenvalue weighted by atomic mass is 16.1. The molecule has 0 aliphatic carbocycles. The van der Waals surface area contributed by atoms with Crippen molar-refractivity contribution in [3.63, 3.8) is 0 Å². The van der Waals surface area contributed by atoms with Gasteiger partial charge in [-0.3, -0.25) is 4.79 Å². The normalized spacial score (nSPS) is 12.2. The molecule has 0 aliphatic rings. The molecule has 4 N–H and O–H groups in total. The number of nitrogens with one attached hydrogen (secondary N) is 2. The summed E-state index contributed by atoms with van der Waals surface area (Å²) in [6.07, 6.45) is 1.69. The first-order chi connectivity index (χ1) is 8.23. The van der Waals surface area contributed by atoms with Gasteiger partial charge < -0.3 is 16.0 Å². The number of anilines is 1. The molecule has 1 rings (SSSR count). The highest BCUT2D eigenvalue weighted by Crippen LogP contribution is 1.99. The SMILES string of the molecule is CC(C)NC(C)C(=O)C(C)C.Cc1cnc(N)[nH]1. The van der Waals surface area contributed by atoms with E-state index in [0.29, 0.717) is 17.8 Å². The summed E-state index contributed by atoms with van der Waals surface area (Å²) < 4.78 is 0. The first kappa shape index (κ1) is 16.6. The van der Waals surface area contributed by atoms with Crippen molar-refractivity contribution < 1.29 is 4.79 Å². The van der Waals surface area contributed by atoms with Crippen molar-refractivity contribution in [3.05, 3.63) is 11.9 Å². The predicted octanol–water partition coefficient (Wildman–Crippen LogP) is 1.90. The molecule has 0 amide bonds. The Morgan fingerprint density at radius 2 is 1.89 bits per heavy atom. The number of aryl methyl sites for hydroxylation is 1. The number of aromatic amines is 1. The minimum absolute atomic E-state index is 0.00463. The molecule has 0 radical (unpaired) electrons. The summed E-state index contributed by atoms with van der Waals surface area (Å²) in [6.45, 7) is 11.8. The molecule has 5 heteroatoms. The summed E-state index contributed by atoms with van der Waals surface area (Å²) in [6, 6.07) is 0.377. The van der Waals surface area contributed by atoms with Crippen LogP contribution in [0.25, 0.3) is 0 Å². The number of carbonyl (C=O) groups is 1. The van der Waals surface area contributed by atoms with Gasteiger partial charge in [-0.1, -0.05) is 27.7 Å². The summed E-state index contributed by atoms with van der Waals surface area (Å²) in [5, 5.41) is 3.17. The number of carbonyl (C=O) groups excluding carboxylic acids is 1. The second kappa shape index (κ2) is 7.87. The van der Waals surface area contributed by atoms with E-state index >= 15 is 0 Å². The lowest BCUT2D eigenvalue weighted by atomic mass is 10.0. The number of nitrogens with zero attached hydrogens (tertiary/aromatic N) is 1. The zero-order chi connectivity index (χ0) is 14.3. The van der Waals surface area contributed by atoms with Gasteiger partial charge in [0.25, 0.3) is 0 Å². The molecule has 1 aromatic heterocycles. The molecule has 5 nitrogen and oxygen atoms in total. The lowest BCUT2D eigenvalue weighted by Gasteiger charge is -2.17. The van der Waals surface area contributed by atoms with Crippen LogP contribution in [0.15, 0.2) is 6.20 Å². The van der Waals surface area contributed by atoms with Gasteiger partial charge in [0.2, 0.25) is 0 Å². The van der Waals surface area contributed by atoms with Gasteiger partial charge in [0.15, 0.2) is 11.7 Å². The van der Waals surface area contributed by atoms with E-state index in [1.807, 2.05) is 41.5 Å². The van der Waals surface area contributed by atoms with Crippen LogP contribution in [0.1, 0.15) is 40.3 Å². The Labute approximate surface area is 110 Å². The Hall–Kier alpha value is -1.36. The number of aromatic nitrogens is 2. The van der Waals surface area contributed by atoms with E-state index in [0.717, 1.165) is 5.69 Å². The fourth-order valence-electron chi connectivity index (χ4n) is 1.52. The highest BCUT2D eigenvalue weighted by molar-refractivity contribution is 5.85. The standard InChI is InChI=1S/C9H19NO.C4H7N3/c1-6(2)9(11)8(5)10-7(3)4;1-3-2-6-4(5)7-3/h6-8,10H,1-5H3;2H,1H3,(H3,5,6,7). The number of hydrogen-bond acceptors (Lipinski definition) is 4. The van der Waals surface area contributed by atoms with Crippen molar-refractivity contribution in [2.45, 2.75) is 53.6 Å². The topological polar surface area (TPSA) is 83.8 Å². The van der Waals surface area contributed by atoms with Crippen LogP contribution in [-0.4, -0.2) is 27.8 Å². The second-order valence-electron chi connectivity index (χ2n) is 5.05. The Kier molecular flexibility index (Phi) is 7.27. The highest BCUT2D eigenvalue weighted by Gasteiger charge is 2.15. The summed E-state index contributed by atoms with van der Waals surface area (Å²) >= 11 is 0. The number of H-pyrrole nitrogens is 1. The van der Waals surface area contributed by atoms with Crippen molar-refractivity contribution in [1.29, 1.82) is 0 Å². The van der Waals surface area contributed by atoms with E-state index in [2.05, 4.69) is 15.3 Å². The molecule has 0 saturated heterocycles. The number of rotatable bonds is 4. The predicted molar refractivity (Wildman–Crippen MR) is 75.3 cm³/mol. The fourth-order valence-corrected chi connectivity index (χ4v) is 1.52. The van der Waals surface area contributed by atoms with Crippen molar-refractivity contribution in [2.24, 2.45) is 5.92 Å². The van der Waals surface area contributed by atoms with Gasteiger partial charge in [-0.15, -0.1) is 0 Å². The van der Waals surface area contributed by atoms with E-state index in [1.165, 1.54) is 0 Å². The van der Waals surface area contributed by atoms with Crippen molar-refractivity contribution in [3.8, 4) is 0 Å². The molecular formula is C13H26N4O. The van der Waals surface area contributed by atoms with Gasteiger partial charge >= 0.3 is 0 Å². The average Bonchev–Trinajstić information content (AvgIpc) is 2.61. The fraction of sp³-hybridized carbons (Fsp3) is 0.692. The Morgan fingerprint density at radius 3 is 2.11 bits per heavy atom. The summed E-state index contributed by atoms with van der Waals surface area (Å²) in [4.78, 5) is 17.9. The number of imidazole rings is 1. The number of nitrogens with two attached hydrogens (primary N) is 1. The van der Waals surface area contributed by atoms with Crippen LogP contribution in [0, 0.1) is 12.8 Å². The number of hydrogen-bond donors (Lipinski definition) is 3. The maximum Gasteiger partial charge on any atom is 0.197 e. The Balaban J connectivity index is 0.000000351. The van der Waals surface area contributed by atoms with Crippen molar-refractivity contribution >= 4 is 11.7 Å². The van der Waals surface area contributed by atoms with Gasteiger partial charge in [0.05, 0.1) is 6.04 Å².